The Morgan fingerprint density at radius 3 is 2.81 bits per heavy atom. The first-order valence-electron chi connectivity index (χ1n) is 10.1. The van der Waals surface area contributed by atoms with Crippen molar-refractivity contribution in [3.8, 4) is 0 Å². The summed E-state index contributed by atoms with van der Waals surface area (Å²) >= 11 is 6.26. The van der Waals surface area contributed by atoms with E-state index in [1.54, 1.807) is 11.2 Å². The van der Waals surface area contributed by atoms with E-state index in [0.29, 0.717) is 17.2 Å². The molecule has 0 atom stereocenters. The van der Waals surface area contributed by atoms with Crippen LogP contribution in [-0.4, -0.2) is 32.5 Å². The lowest BCUT2D eigenvalue weighted by Gasteiger charge is -2.23. The summed E-state index contributed by atoms with van der Waals surface area (Å²) in [6.45, 7) is 0. The van der Waals surface area contributed by atoms with E-state index in [4.69, 9.17) is 16.6 Å². The zero-order valence-electron chi connectivity index (χ0n) is 17.1. The van der Waals surface area contributed by atoms with Crippen LogP contribution in [0.3, 0.4) is 0 Å². The van der Waals surface area contributed by atoms with Crippen LogP contribution in [-0.2, 0) is 11.2 Å². The summed E-state index contributed by atoms with van der Waals surface area (Å²) in [6.07, 6.45) is 2.04. The number of rotatable bonds is 3. The van der Waals surface area contributed by atoms with E-state index in [2.05, 4.69) is 10.2 Å². The maximum atomic E-state index is 12.8. The van der Waals surface area contributed by atoms with Gasteiger partial charge in [-0.15, -0.1) is 10.2 Å². The second-order valence-corrected chi connectivity index (χ2v) is 8.15. The molecule has 0 saturated carbocycles. The average molecular weight is 441 g/mol. The van der Waals surface area contributed by atoms with Crippen molar-refractivity contribution >= 4 is 57.1 Å². The van der Waals surface area contributed by atoms with Crippen molar-refractivity contribution in [2.24, 2.45) is 0 Å². The number of benzene rings is 3. The standard InChI is InChI=1S/C24H17ClN6O/c1-29(23-19-10-9-16(25)12-21(19)30-14-26-28-24(30)27-23)17-6-4-7-18(13-17)31-20-8-3-2-5-15(20)11-22(31)32/h2-10,12-14H,11H2,1H3. The largest absolute Gasteiger partial charge is 0.329 e. The molecule has 0 saturated heterocycles. The molecule has 6 rings (SSSR count). The number of nitrogens with zero attached hydrogens (tertiary/aromatic N) is 6. The molecule has 8 heteroatoms. The fraction of sp³-hybridized carbons (Fsp3) is 0.0833. The SMILES string of the molecule is CN(c1cccc(N2C(=O)Cc3ccccc32)c1)c1nc2nncn2c2cc(Cl)ccc12. The number of anilines is 4. The molecule has 0 bridgehead atoms. The Labute approximate surface area is 188 Å². The van der Waals surface area contributed by atoms with Crippen molar-refractivity contribution in [2.75, 3.05) is 16.8 Å². The summed E-state index contributed by atoms with van der Waals surface area (Å²) in [7, 11) is 1.95. The molecule has 156 valence electrons. The monoisotopic (exact) mass is 440 g/mol. The molecule has 0 spiro atoms. The Bertz CT molecular complexity index is 1530. The molecule has 0 N–H and O–H groups in total. The van der Waals surface area contributed by atoms with Gasteiger partial charge in [-0.05, 0) is 48.0 Å². The number of halogens is 1. The Morgan fingerprint density at radius 1 is 1.03 bits per heavy atom. The van der Waals surface area contributed by atoms with Crippen LogP contribution in [0.5, 0.6) is 0 Å². The van der Waals surface area contributed by atoms with Gasteiger partial charge in [0.25, 0.3) is 5.78 Å². The number of carbonyl (C=O) groups is 1. The van der Waals surface area contributed by atoms with Crippen molar-refractivity contribution in [1.82, 2.24) is 19.6 Å². The summed E-state index contributed by atoms with van der Waals surface area (Å²) in [5.41, 5.74) is 4.56. The summed E-state index contributed by atoms with van der Waals surface area (Å²) in [5.74, 6) is 1.28. The van der Waals surface area contributed by atoms with E-state index >= 15 is 0 Å². The van der Waals surface area contributed by atoms with Crippen molar-refractivity contribution < 1.29 is 4.79 Å². The van der Waals surface area contributed by atoms with Crippen molar-refractivity contribution in [1.29, 1.82) is 0 Å². The Kier molecular flexibility index (Phi) is 4.13. The highest BCUT2D eigenvalue weighted by Gasteiger charge is 2.28. The Hall–Kier alpha value is -3.97. The van der Waals surface area contributed by atoms with Crippen LogP contribution in [0.1, 0.15) is 5.56 Å². The maximum Gasteiger partial charge on any atom is 0.257 e. The molecule has 5 aromatic rings. The topological polar surface area (TPSA) is 66.6 Å². The van der Waals surface area contributed by atoms with Gasteiger partial charge in [-0.1, -0.05) is 35.9 Å². The molecule has 32 heavy (non-hydrogen) atoms. The number of amides is 1. The number of fused-ring (bicyclic) bond motifs is 4. The normalized spacial score (nSPS) is 13.2. The number of hydrogen-bond acceptors (Lipinski definition) is 5. The van der Waals surface area contributed by atoms with Crippen molar-refractivity contribution in [3.63, 3.8) is 0 Å². The summed E-state index contributed by atoms with van der Waals surface area (Å²) < 4.78 is 1.81. The number of para-hydroxylation sites is 1. The van der Waals surface area contributed by atoms with Crippen LogP contribution in [0, 0.1) is 0 Å². The van der Waals surface area contributed by atoms with E-state index in [0.717, 1.165) is 39.3 Å². The molecule has 3 aromatic carbocycles. The van der Waals surface area contributed by atoms with Gasteiger partial charge >= 0.3 is 0 Å². The second kappa shape index (κ2) is 7.03. The van der Waals surface area contributed by atoms with E-state index in [9.17, 15) is 4.79 Å². The fourth-order valence-electron chi connectivity index (χ4n) is 4.28. The first-order valence-corrected chi connectivity index (χ1v) is 10.5. The molecule has 1 amide bonds. The van der Waals surface area contributed by atoms with Gasteiger partial charge in [0.15, 0.2) is 0 Å². The lowest BCUT2D eigenvalue weighted by Crippen LogP contribution is -2.21. The van der Waals surface area contributed by atoms with Crippen molar-refractivity contribution in [2.45, 2.75) is 6.42 Å². The van der Waals surface area contributed by atoms with Gasteiger partial charge in [-0.25, -0.2) is 0 Å². The third kappa shape index (κ3) is 2.82. The van der Waals surface area contributed by atoms with Gasteiger partial charge in [0.05, 0.1) is 23.3 Å². The smallest absolute Gasteiger partial charge is 0.257 e. The van der Waals surface area contributed by atoms with E-state index in [-0.39, 0.29) is 5.91 Å². The second-order valence-electron chi connectivity index (χ2n) is 7.71. The van der Waals surface area contributed by atoms with Gasteiger partial charge in [0, 0.05) is 23.1 Å². The lowest BCUT2D eigenvalue weighted by atomic mass is 10.1. The molecular formula is C24H17ClN6O. The zero-order chi connectivity index (χ0) is 21.8. The minimum atomic E-state index is 0.0640. The van der Waals surface area contributed by atoms with Gasteiger partial charge in [0.1, 0.15) is 12.1 Å². The highest BCUT2D eigenvalue weighted by atomic mass is 35.5. The molecule has 0 fully saturated rings. The van der Waals surface area contributed by atoms with Gasteiger partial charge in [-0.2, -0.15) is 4.98 Å². The quantitative estimate of drug-likeness (QED) is 0.398. The highest BCUT2D eigenvalue weighted by Crippen LogP contribution is 2.38. The Morgan fingerprint density at radius 2 is 1.91 bits per heavy atom. The molecule has 2 aromatic heterocycles. The third-order valence-corrected chi connectivity index (χ3v) is 6.05. The third-order valence-electron chi connectivity index (χ3n) is 5.81. The highest BCUT2D eigenvalue weighted by molar-refractivity contribution is 6.31. The first kappa shape index (κ1) is 18.8. The van der Waals surface area contributed by atoms with Gasteiger partial charge in [0.2, 0.25) is 5.91 Å². The number of aromatic nitrogens is 4. The molecule has 1 aliphatic heterocycles. The van der Waals surface area contributed by atoms with Crippen molar-refractivity contribution in [3.05, 3.63) is 83.6 Å². The molecule has 0 radical (unpaired) electrons. The fourth-order valence-corrected chi connectivity index (χ4v) is 4.45. The zero-order valence-corrected chi connectivity index (χ0v) is 17.9. The molecule has 1 aliphatic rings. The van der Waals surface area contributed by atoms with Crippen LogP contribution >= 0.6 is 11.6 Å². The van der Waals surface area contributed by atoms with Crippen LogP contribution in [0.4, 0.5) is 22.9 Å². The average Bonchev–Trinajstić information content (AvgIpc) is 3.41. The predicted octanol–water partition coefficient (Wildman–Crippen LogP) is 4.92. The molecule has 0 unspecified atom stereocenters. The number of carbonyl (C=O) groups excluding carboxylic acids is 1. The van der Waals surface area contributed by atoms with Gasteiger partial charge < -0.3 is 4.90 Å². The van der Waals surface area contributed by atoms with Crippen LogP contribution in [0.15, 0.2) is 73.1 Å². The summed E-state index contributed by atoms with van der Waals surface area (Å²) in [4.78, 5) is 21.3. The molecular weight excluding hydrogens is 424 g/mol. The first-order chi connectivity index (χ1) is 15.6. The molecule has 7 nitrogen and oxygen atoms in total. The van der Waals surface area contributed by atoms with E-state index in [1.165, 1.54) is 0 Å². The van der Waals surface area contributed by atoms with Crippen LogP contribution in [0.2, 0.25) is 5.02 Å². The van der Waals surface area contributed by atoms with Gasteiger partial charge in [-0.3, -0.25) is 14.1 Å². The molecule has 3 heterocycles. The Balaban J connectivity index is 1.48. The molecule has 0 aliphatic carbocycles. The van der Waals surface area contributed by atoms with E-state index < -0.39 is 0 Å². The van der Waals surface area contributed by atoms with Crippen LogP contribution in [0.25, 0.3) is 16.7 Å². The lowest BCUT2D eigenvalue weighted by molar-refractivity contribution is -0.116. The minimum Gasteiger partial charge on any atom is -0.329 e. The number of hydrogen-bond donors (Lipinski definition) is 0. The van der Waals surface area contributed by atoms with Crippen LogP contribution < -0.4 is 9.80 Å². The summed E-state index contributed by atoms with van der Waals surface area (Å²) in [5, 5.41) is 9.66. The summed E-state index contributed by atoms with van der Waals surface area (Å²) in [6, 6.07) is 21.4. The van der Waals surface area contributed by atoms with E-state index in [1.807, 2.05) is 83.1 Å². The predicted molar refractivity (Wildman–Crippen MR) is 125 cm³/mol. The maximum absolute atomic E-state index is 12.8. The minimum absolute atomic E-state index is 0.0640.